The van der Waals surface area contributed by atoms with E-state index in [4.69, 9.17) is 0 Å². The van der Waals surface area contributed by atoms with Crippen LogP contribution >= 0.6 is 24.0 Å². The molecule has 134 valence electrons. The summed E-state index contributed by atoms with van der Waals surface area (Å²) in [4.78, 5) is 28.2. The lowest BCUT2D eigenvalue weighted by Crippen LogP contribution is -2.45. The summed E-state index contributed by atoms with van der Waals surface area (Å²) in [6.07, 6.45) is 6.11. The Morgan fingerprint density at radius 1 is 1.35 bits per heavy atom. The molecule has 1 unspecified atom stereocenters. The first-order valence-corrected chi connectivity index (χ1v) is 8.13. The van der Waals surface area contributed by atoms with E-state index < -0.39 is 0 Å². The van der Waals surface area contributed by atoms with Gasteiger partial charge in [-0.1, -0.05) is 32.6 Å². The van der Waals surface area contributed by atoms with Gasteiger partial charge < -0.3 is 16.0 Å². The third-order valence-electron chi connectivity index (χ3n) is 3.66. The van der Waals surface area contributed by atoms with Crippen molar-refractivity contribution < 1.29 is 9.59 Å². The molecule has 1 aliphatic heterocycles. The Balaban J connectivity index is 0.00000484. The fourth-order valence-electron chi connectivity index (χ4n) is 2.35. The Labute approximate surface area is 156 Å². The average molecular weight is 439 g/mol. The van der Waals surface area contributed by atoms with Gasteiger partial charge >= 0.3 is 6.03 Å². The first-order chi connectivity index (χ1) is 10.6. The van der Waals surface area contributed by atoms with Crippen LogP contribution in [0.5, 0.6) is 0 Å². The van der Waals surface area contributed by atoms with Gasteiger partial charge in [-0.2, -0.15) is 0 Å². The van der Waals surface area contributed by atoms with Crippen molar-refractivity contribution in [3.05, 3.63) is 0 Å². The molecule has 0 spiro atoms. The quantitative estimate of drug-likeness (QED) is 0.168. The summed E-state index contributed by atoms with van der Waals surface area (Å²) in [5.41, 5.74) is 0. The van der Waals surface area contributed by atoms with Crippen LogP contribution in [0.1, 0.15) is 46.0 Å². The highest BCUT2D eigenvalue weighted by Crippen LogP contribution is 2.05. The first kappa shape index (κ1) is 21.9. The zero-order valence-electron chi connectivity index (χ0n) is 14.4. The van der Waals surface area contributed by atoms with E-state index in [1.54, 1.807) is 7.05 Å². The molecular formula is C15H30IN5O2. The number of unbranched alkanes of at least 4 members (excludes halogenated alkanes) is 3. The smallest absolute Gasteiger partial charge is 0.324 e. The van der Waals surface area contributed by atoms with Gasteiger partial charge in [0.05, 0.1) is 6.54 Å². The molecule has 0 aromatic rings. The van der Waals surface area contributed by atoms with Crippen LogP contribution in [-0.4, -0.2) is 55.5 Å². The summed E-state index contributed by atoms with van der Waals surface area (Å²) in [6, 6.07) is 0.0267. The van der Waals surface area contributed by atoms with Gasteiger partial charge in [-0.25, -0.2) is 4.79 Å². The number of imide groups is 1. The number of rotatable bonds is 9. The van der Waals surface area contributed by atoms with Crippen LogP contribution in [0.3, 0.4) is 0 Å². The molecule has 0 bridgehead atoms. The molecule has 8 heteroatoms. The summed E-state index contributed by atoms with van der Waals surface area (Å²) >= 11 is 0. The second-order valence-corrected chi connectivity index (χ2v) is 5.60. The second-order valence-electron chi connectivity index (χ2n) is 5.60. The zero-order chi connectivity index (χ0) is 16.4. The fourth-order valence-corrected chi connectivity index (χ4v) is 2.35. The summed E-state index contributed by atoms with van der Waals surface area (Å²) in [6.45, 7) is 5.27. The van der Waals surface area contributed by atoms with Gasteiger partial charge in [-0.15, -0.1) is 24.0 Å². The standard InChI is InChI=1S/C15H29N5O2.HI/c1-4-5-6-7-8-12(2)19-14(16-3)17-9-10-20-13(21)11-18-15(20)22;/h12H,4-11H2,1-3H3,(H,18,22)(H2,16,17,19);1H. The third kappa shape index (κ3) is 8.38. The Bertz CT molecular complexity index is 387. The molecule has 0 aromatic heterocycles. The van der Waals surface area contributed by atoms with E-state index in [2.05, 4.69) is 34.8 Å². The topological polar surface area (TPSA) is 85.8 Å². The number of urea groups is 1. The van der Waals surface area contributed by atoms with E-state index in [1.165, 1.54) is 30.6 Å². The molecule has 3 amide bonds. The van der Waals surface area contributed by atoms with Crippen molar-refractivity contribution in [2.24, 2.45) is 4.99 Å². The summed E-state index contributed by atoms with van der Waals surface area (Å²) < 4.78 is 0. The molecule has 0 radical (unpaired) electrons. The van der Waals surface area contributed by atoms with Crippen molar-refractivity contribution in [2.45, 2.75) is 52.0 Å². The molecule has 7 nitrogen and oxygen atoms in total. The van der Waals surface area contributed by atoms with E-state index in [-0.39, 0.29) is 42.5 Å². The Kier molecular flexibility index (Phi) is 11.8. The number of carbonyl (C=O) groups excluding carboxylic acids is 2. The molecule has 0 aliphatic carbocycles. The van der Waals surface area contributed by atoms with Gasteiger partial charge in [0, 0.05) is 26.2 Å². The molecule has 0 saturated carbocycles. The highest BCUT2D eigenvalue weighted by atomic mass is 127. The van der Waals surface area contributed by atoms with Crippen molar-refractivity contribution in [1.29, 1.82) is 0 Å². The largest absolute Gasteiger partial charge is 0.355 e. The summed E-state index contributed by atoms with van der Waals surface area (Å²) in [7, 11) is 1.72. The number of hydrogen-bond donors (Lipinski definition) is 3. The minimum atomic E-state index is -0.320. The lowest BCUT2D eigenvalue weighted by atomic mass is 10.1. The third-order valence-corrected chi connectivity index (χ3v) is 3.66. The van der Waals surface area contributed by atoms with E-state index >= 15 is 0 Å². The van der Waals surface area contributed by atoms with Gasteiger partial charge in [0.2, 0.25) is 5.91 Å². The predicted molar refractivity (Wildman–Crippen MR) is 103 cm³/mol. The fraction of sp³-hybridized carbons (Fsp3) is 0.800. The summed E-state index contributed by atoms with van der Waals surface area (Å²) in [5.74, 6) is 0.522. The van der Waals surface area contributed by atoms with E-state index in [0.29, 0.717) is 25.1 Å². The average Bonchev–Trinajstić information content (AvgIpc) is 2.82. The predicted octanol–water partition coefficient (Wildman–Crippen LogP) is 1.68. The number of halogens is 1. The lowest BCUT2D eigenvalue weighted by Gasteiger charge is -2.19. The van der Waals surface area contributed by atoms with Crippen molar-refractivity contribution in [1.82, 2.24) is 20.9 Å². The number of amides is 3. The normalized spacial score (nSPS) is 16.0. The van der Waals surface area contributed by atoms with Crippen LogP contribution in [0, 0.1) is 0 Å². The van der Waals surface area contributed by atoms with Crippen LogP contribution in [-0.2, 0) is 4.79 Å². The molecule has 1 fully saturated rings. The van der Waals surface area contributed by atoms with E-state index in [9.17, 15) is 9.59 Å². The van der Waals surface area contributed by atoms with Crippen molar-refractivity contribution >= 4 is 41.9 Å². The van der Waals surface area contributed by atoms with Gasteiger partial charge in [-0.05, 0) is 13.3 Å². The van der Waals surface area contributed by atoms with Crippen LogP contribution in [0.25, 0.3) is 0 Å². The van der Waals surface area contributed by atoms with Gasteiger partial charge in [0.1, 0.15) is 0 Å². The molecule has 1 rings (SSSR count). The molecule has 1 saturated heterocycles. The Morgan fingerprint density at radius 3 is 2.65 bits per heavy atom. The maximum atomic E-state index is 11.4. The van der Waals surface area contributed by atoms with Crippen LogP contribution < -0.4 is 16.0 Å². The minimum Gasteiger partial charge on any atom is -0.355 e. The number of carbonyl (C=O) groups is 2. The second kappa shape index (κ2) is 12.4. The SMILES string of the molecule is CCCCCCC(C)NC(=NC)NCCN1C(=O)CNC1=O.I. The maximum Gasteiger partial charge on any atom is 0.324 e. The van der Waals surface area contributed by atoms with Crippen molar-refractivity contribution in [3.63, 3.8) is 0 Å². The Morgan fingerprint density at radius 2 is 2.09 bits per heavy atom. The van der Waals surface area contributed by atoms with Crippen molar-refractivity contribution in [2.75, 3.05) is 26.7 Å². The van der Waals surface area contributed by atoms with Crippen LogP contribution in [0.15, 0.2) is 4.99 Å². The van der Waals surface area contributed by atoms with Gasteiger partial charge in [0.25, 0.3) is 0 Å². The zero-order valence-corrected chi connectivity index (χ0v) is 16.7. The number of nitrogens with one attached hydrogen (secondary N) is 3. The van der Waals surface area contributed by atoms with Gasteiger partial charge in [0.15, 0.2) is 5.96 Å². The minimum absolute atomic E-state index is 0. The van der Waals surface area contributed by atoms with Crippen LogP contribution in [0.4, 0.5) is 4.79 Å². The number of guanidine groups is 1. The molecule has 0 aromatic carbocycles. The monoisotopic (exact) mass is 439 g/mol. The number of nitrogens with zero attached hydrogens (tertiary/aromatic N) is 2. The maximum absolute atomic E-state index is 11.4. The highest BCUT2D eigenvalue weighted by molar-refractivity contribution is 14.0. The Hall–Kier alpha value is -1.06. The van der Waals surface area contributed by atoms with Crippen LogP contribution in [0.2, 0.25) is 0 Å². The molecule has 1 atom stereocenters. The molecule has 3 N–H and O–H groups in total. The highest BCUT2D eigenvalue weighted by Gasteiger charge is 2.27. The first-order valence-electron chi connectivity index (χ1n) is 8.13. The molecular weight excluding hydrogens is 409 g/mol. The van der Waals surface area contributed by atoms with E-state index in [1.807, 2.05) is 0 Å². The van der Waals surface area contributed by atoms with Gasteiger partial charge in [-0.3, -0.25) is 14.7 Å². The molecule has 23 heavy (non-hydrogen) atoms. The van der Waals surface area contributed by atoms with E-state index in [0.717, 1.165) is 6.42 Å². The molecule has 1 aliphatic rings. The number of hydrogen-bond acceptors (Lipinski definition) is 3. The van der Waals surface area contributed by atoms with Crippen molar-refractivity contribution in [3.8, 4) is 0 Å². The molecule has 1 heterocycles. The summed E-state index contributed by atoms with van der Waals surface area (Å²) in [5, 5.41) is 8.96. The lowest BCUT2D eigenvalue weighted by molar-refractivity contribution is -0.124. The number of aliphatic imine (C=N–C) groups is 1.